The summed E-state index contributed by atoms with van der Waals surface area (Å²) in [6.45, 7) is 0. The zero-order chi connectivity index (χ0) is 10.8. The molecule has 1 aromatic rings. The van der Waals surface area contributed by atoms with E-state index in [1.165, 1.54) is 6.07 Å². The zero-order valence-corrected chi connectivity index (χ0v) is 8.13. The second-order valence-electron chi connectivity index (χ2n) is 3.63. The highest BCUT2D eigenvalue weighted by molar-refractivity contribution is 5.67. The summed E-state index contributed by atoms with van der Waals surface area (Å²) >= 11 is 0. The van der Waals surface area contributed by atoms with E-state index in [4.69, 9.17) is 5.73 Å². The van der Waals surface area contributed by atoms with Crippen molar-refractivity contribution in [3.8, 4) is 0 Å². The lowest BCUT2D eigenvalue weighted by Gasteiger charge is -2.15. The number of nitrogens with one attached hydrogen (secondary N) is 1. The molecule has 0 unspecified atom stereocenters. The number of nitrogens with two attached hydrogens (primary N) is 1. The van der Waals surface area contributed by atoms with Gasteiger partial charge in [0.25, 0.3) is 0 Å². The first-order chi connectivity index (χ1) is 7.16. The molecular weight excluding hydrogens is 198 g/mol. The fraction of sp³-hybridized carbons (Fsp3) is 0.273. The topological polar surface area (TPSA) is 38.0 Å². The third kappa shape index (κ3) is 2.09. The van der Waals surface area contributed by atoms with Crippen LogP contribution in [0.25, 0.3) is 0 Å². The zero-order valence-electron chi connectivity index (χ0n) is 8.13. The number of benzene rings is 1. The van der Waals surface area contributed by atoms with Crippen molar-refractivity contribution in [3.05, 3.63) is 35.9 Å². The average molecular weight is 210 g/mol. The molecule has 0 heterocycles. The summed E-state index contributed by atoms with van der Waals surface area (Å²) in [5, 5.41) is 3.02. The Bertz CT molecular complexity index is 394. The molecule has 0 radical (unpaired) electrons. The summed E-state index contributed by atoms with van der Waals surface area (Å²) in [6, 6.07) is 2.19. The minimum atomic E-state index is -0.719. The smallest absolute Gasteiger partial charge is 0.151 e. The molecule has 0 fully saturated rings. The third-order valence-electron chi connectivity index (χ3n) is 2.46. The van der Waals surface area contributed by atoms with Crippen molar-refractivity contribution >= 4 is 11.4 Å². The van der Waals surface area contributed by atoms with Gasteiger partial charge in [-0.3, -0.25) is 0 Å². The average Bonchev–Trinajstić information content (AvgIpc) is 2.66. The summed E-state index contributed by atoms with van der Waals surface area (Å²) < 4.78 is 26.0. The molecule has 1 aliphatic rings. The first kappa shape index (κ1) is 9.96. The van der Waals surface area contributed by atoms with Crippen LogP contribution in [0.3, 0.4) is 0 Å². The van der Waals surface area contributed by atoms with Gasteiger partial charge >= 0.3 is 0 Å². The molecular formula is C11H12F2N2. The maximum Gasteiger partial charge on any atom is 0.151 e. The van der Waals surface area contributed by atoms with E-state index >= 15 is 0 Å². The summed E-state index contributed by atoms with van der Waals surface area (Å²) in [6.07, 6.45) is 5.78. The minimum Gasteiger partial charge on any atom is -0.395 e. The first-order valence-electron chi connectivity index (χ1n) is 4.83. The van der Waals surface area contributed by atoms with Crippen LogP contribution in [0, 0.1) is 11.6 Å². The van der Waals surface area contributed by atoms with Gasteiger partial charge in [0.05, 0.1) is 11.4 Å². The maximum atomic E-state index is 13.1. The molecule has 0 bridgehead atoms. The van der Waals surface area contributed by atoms with Gasteiger partial charge < -0.3 is 11.1 Å². The number of hydrogen-bond donors (Lipinski definition) is 2. The Balaban J connectivity index is 2.19. The van der Waals surface area contributed by atoms with E-state index in [0.29, 0.717) is 5.69 Å². The van der Waals surface area contributed by atoms with Gasteiger partial charge in [0.2, 0.25) is 0 Å². The van der Waals surface area contributed by atoms with Crippen molar-refractivity contribution in [1.29, 1.82) is 0 Å². The molecule has 0 spiro atoms. The highest BCUT2D eigenvalue weighted by atomic mass is 19.1. The predicted octanol–water partition coefficient (Wildman–Crippen LogP) is 2.68. The van der Waals surface area contributed by atoms with E-state index in [1.807, 2.05) is 12.2 Å². The number of halogens is 2. The summed E-state index contributed by atoms with van der Waals surface area (Å²) in [4.78, 5) is 0. The Morgan fingerprint density at radius 3 is 2.53 bits per heavy atom. The van der Waals surface area contributed by atoms with Gasteiger partial charge in [0.15, 0.2) is 5.82 Å². The lowest BCUT2D eigenvalue weighted by Crippen LogP contribution is -2.16. The monoisotopic (exact) mass is 210 g/mol. The number of rotatable bonds is 2. The van der Waals surface area contributed by atoms with Crippen LogP contribution < -0.4 is 11.1 Å². The van der Waals surface area contributed by atoms with Crippen molar-refractivity contribution in [2.45, 2.75) is 18.9 Å². The fourth-order valence-electron chi connectivity index (χ4n) is 1.66. The molecule has 2 nitrogen and oxygen atoms in total. The van der Waals surface area contributed by atoms with Gasteiger partial charge in [-0.1, -0.05) is 12.2 Å². The maximum absolute atomic E-state index is 13.1. The van der Waals surface area contributed by atoms with Crippen molar-refractivity contribution < 1.29 is 8.78 Å². The van der Waals surface area contributed by atoms with E-state index in [1.54, 1.807) is 0 Å². The lowest BCUT2D eigenvalue weighted by molar-refractivity contribution is 0.586. The summed E-state index contributed by atoms with van der Waals surface area (Å²) in [5.41, 5.74) is 5.81. The quantitative estimate of drug-likeness (QED) is 0.581. The van der Waals surface area contributed by atoms with E-state index in [2.05, 4.69) is 5.32 Å². The Labute approximate surface area is 86.8 Å². The molecule has 0 atom stereocenters. The van der Waals surface area contributed by atoms with Crippen LogP contribution in [0.1, 0.15) is 12.8 Å². The van der Waals surface area contributed by atoms with E-state index in [-0.39, 0.29) is 11.7 Å². The molecule has 1 aliphatic carbocycles. The van der Waals surface area contributed by atoms with E-state index in [9.17, 15) is 8.78 Å². The fourth-order valence-corrected chi connectivity index (χ4v) is 1.66. The second-order valence-corrected chi connectivity index (χ2v) is 3.63. The van der Waals surface area contributed by atoms with Crippen molar-refractivity contribution in [1.82, 2.24) is 0 Å². The summed E-state index contributed by atoms with van der Waals surface area (Å²) in [7, 11) is 0. The Hall–Kier alpha value is -1.58. The number of hydrogen-bond acceptors (Lipinski definition) is 2. The van der Waals surface area contributed by atoms with Gasteiger partial charge in [0.1, 0.15) is 5.82 Å². The molecule has 1 aromatic carbocycles. The van der Waals surface area contributed by atoms with Crippen molar-refractivity contribution in [2.24, 2.45) is 0 Å². The van der Waals surface area contributed by atoms with Gasteiger partial charge in [-0.05, 0) is 18.9 Å². The molecule has 2 rings (SSSR count). The van der Waals surface area contributed by atoms with Crippen LogP contribution in [0.2, 0.25) is 0 Å². The molecule has 0 saturated heterocycles. The van der Waals surface area contributed by atoms with E-state index in [0.717, 1.165) is 18.9 Å². The van der Waals surface area contributed by atoms with Crippen molar-refractivity contribution in [3.63, 3.8) is 0 Å². The molecule has 0 saturated carbocycles. The van der Waals surface area contributed by atoms with Gasteiger partial charge in [-0.25, -0.2) is 8.78 Å². The number of anilines is 2. The Morgan fingerprint density at radius 2 is 1.87 bits per heavy atom. The molecule has 3 N–H and O–H groups in total. The molecule has 0 amide bonds. The van der Waals surface area contributed by atoms with Crippen LogP contribution in [0.4, 0.5) is 20.2 Å². The largest absolute Gasteiger partial charge is 0.395 e. The second kappa shape index (κ2) is 3.88. The highest BCUT2D eigenvalue weighted by Gasteiger charge is 2.14. The SMILES string of the molecule is Nc1c(F)cc(F)cc1NC1CC=CC1. The minimum absolute atomic E-state index is 0.0247. The highest BCUT2D eigenvalue weighted by Crippen LogP contribution is 2.26. The Morgan fingerprint density at radius 1 is 1.20 bits per heavy atom. The van der Waals surface area contributed by atoms with E-state index < -0.39 is 11.6 Å². The van der Waals surface area contributed by atoms with Gasteiger partial charge in [-0.15, -0.1) is 0 Å². The van der Waals surface area contributed by atoms with Crippen LogP contribution in [0.5, 0.6) is 0 Å². The molecule has 15 heavy (non-hydrogen) atoms. The van der Waals surface area contributed by atoms with Crippen LogP contribution in [-0.4, -0.2) is 6.04 Å². The van der Waals surface area contributed by atoms with Gasteiger partial charge in [-0.2, -0.15) is 0 Å². The molecule has 0 aliphatic heterocycles. The Kier molecular flexibility index (Phi) is 2.58. The molecule has 4 heteroatoms. The molecule has 0 aromatic heterocycles. The normalized spacial score (nSPS) is 15.9. The molecule has 80 valence electrons. The summed E-state index contributed by atoms with van der Waals surface area (Å²) in [5.74, 6) is -1.33. The van der Waals surface area contributed by atoms with Crippen LogP contribution >= 0.6 is 0 Å². The standard InChI is InChI=1S/C11H12F2N2/c12-7-5-9(13)11(14)10(6-7)15-8-3-1-2-4-8/h1-2,5-6,8,15H,3-4,14H2. The lowest BCUT2D eigenvalue weighted by atomic mass is 10.2. The third-order valence-corrected chi connectivity index (χ3v) is 2.46. The van der Waals surface area contributed by atoms with Crippen molar-refractivity contribution in [2.75, 3.05) is 11.1 Å². The predicted molar refractivity (Wildman–Crippen MR) is 56.6 cm³/mol. The number of nitrogen functional groups attached to an aromatic ring is 1. The first-order valence-corrected chi connectivity index (χ1v) is 4.83. The van der Waals surface area contributed by atoms with Crippen LogP contribution in [0.15, 0.2) is 24.3 Å². The van der Waals surface area contributed by atoms with Crippen LogP contribution in [-0.2, 0) is 0 Å². The van der Waals surface area contributed by atoms with Gasteiger partial charge in [0, 0.05) is 12.1 Å².